The molecule has 6 nitrogen and oxygen atoms in total. The van der Waals surface area contributed by atoms with E-state index in [0.29, 0.717) is 35.2 Å². The lowest BCUT2D eigenvalue weighted by Gasteiger charge is -2.16. The molecule has 0 spiro atoms. The Morgan fingerprint density at radius 1 is 1.28 bits per heavy atom. The summed E-state index contributed by atoms with van der Waals surface area (Å²) in [7, 11) is 1.58. The Hall–Kier alpha value is -3.26. The third kappa shape index (κ3) is 3.84. The van der Waals surface area contributed by atoms with E-state index in [0.717, 1.165) is 12.0 Å². The number of benzene rings is 2. The molecular formula is C21H18FN3O3S. The molecule has 8 heteroatoms. The van der Waals surface area contributed by atoms with Crippen LogP contribution < -0.4 is 15.0 Å². The normalized spacial score (nSPS) is 13.6. The van der Waals surface area contributed by atoms with E-state index >= 15 is 0 Å². The van der Waals surface area contributed by atoms with Crippen molar-refractivity contribution >= 4 is 34.0 Å². The first-order valence-corrected chi connectivity index (χ1v) is 9.95. The molecule has 1 saturated heterocycles. The van der Waals surface area contributed by atoms with E-state index in [2.05, 4.69) is 10.3 Å². The fourth-order valence-electron chi connectivity index (χ4n) is 3.25. The Morgan fingerprint density at radius 2 is 2.10 bits per heavy atom. The van der Waals surface area contributed by atoms with Crippen LogP contribution in [0.5, 0.6) is 5.75 Å². The van der Waals surface area contributed by atoms with Crippen molar-refractivity contribution in [1.82, 2.24) is 4.98 Å². The molecule has 2 heterocycles. The van der Waals surface area contributed by atoms with Gasteiger partial charge >= 0.3 is 0 Å². The van der Waals surface area contributed by atoms with Crippen molar-refractivity contribution in [3.63, 3.8) is 0 Å². The molecule has 2 amide bonds. The number of rotatable bonds is 5. The fraction of sp³-hybridized carbons (Fsp3) is 0.190. The summed E-state index contributed by atoms with van der Waals surface area (Å²) in [6.07, 6.45) is 1.21. The zero-order valence-corrected chi connectivity index (χ0v) is 16.5. The second-order valence-corrected chi connectivity index (χ2v) is 7.36. The van der Waals surface area contributed by atoms with Crippen LogP contribution in [0.15, 0.2) is 47.8 Å². The summed E-state index contributed by atoms with van der Waals surface area (Å²) in [4.78, 5) is 30.6. The largest absolute Gasteiger partial charge is 0.496 e. The molecule has 0 aliphatic carbocycles. The molecule has 29 heavy (non-hydrogen) atoms. The van der Waals surface area contributed by atoms with Crippen LogP contribution in [0, 0.1) is 5.82 Å². The standard InChI is InChI=1S/C21H18FN3O3S/c1-28-18-6-3-2-5-14(18)17-12-29-21(23-17)24-20(27)15-11-13(8-9-16(15)22)25-10-4-7-19(25)26/h2-3,5-6,8-9,11-12H,4,7,10H2,1H3,(H,23,24,27). The first kappa shape index (κ1) is 19.1. The van der Waals surface area contributed by atoms with E-state index in [4.69, 9.17) is 4.74 Å². The first-order chi connectivity index (χ1) is 14.1. The minimum absolute atomic E-state index is 0.0238. The van der Waals surface area contributed by atoms with E-state index in [1.54, 1.807) is 17.4 Å². The summed E-state index contributed by atoms with van der Waals surface area (Å²) in [6, 6.07) is 11.6. The van der Waals surface area contributed by atoms with Crippen molar-refractivity contribution in [3.8, 4) is 17.0 Å². The molecule has 3 aromatic rings. The van der Waals surface area contributed by atoms with Gasteiger partial charge in [-0.1, -0.05) is 12.1 Å². The molecule has 0 bridgehead atoms. The smallest absolute Gasteiger partial charge is 0.260 e. The van der Waals surface area contributed by atoms with Crippen LogP contribution in [0.1, 0.15) is 23.2 Å². The Labute approximate surface area is 171 Å². The number of anilines is 2. The summed E-state index contributed by atoms with van der Waals surface area (Å²) >= 11 is 1.24. The number of halogens is 1. The highest BCUT2D eigenvalue weighted by atomic mass is 32.1. The lowest BCUT2D eigenvalue weighted by Crippen LogP contribution is -2.24. The van der Waals surface area contributed by atoms with Crippen molar-refractivity contribution in [2.45, 2.75) is 12.8 Å². The summed E-state index contributed by atoms with van der Waals surface area (Å²) in [5.74, 6) is -0.620. The van der Waals surface area contributed by atoms with E-state index in [-0.39, 0.29) is 11.5 Å². The third-order valence-electron chi connectivity index (χ3n) is 4.69. The summed E-state index contributed by atoms with van der Waals surface area (Å²) in [5.41, 5.74) is 1.84. The molecule has 1 aliphatic heterocycles. The number of aromatic nitrogens is 1. The third-order valence-corrected chi connectivity index (χ3v) is 5.44. The number of nitrogens with one attached hydrogen (secondary N) is 1. The van der Waals surface area contributed by atoms with Gasteiger partial charge in [-0.3, -0.25) is 14.9 Å². The predicted molar refractivity (Wildman–Crippen MR) is 110 cm³/mol. The highest BCUT2D eigenvalue weighted by molar-refractivity contribution is 7.14. The Morgan fingerprint density at radius 3 is 2.86 bits per heavy atom. The molecule has 0 saturated carbocycles. The minimum atomic E-state index is -0.653. The van der Waals surface area contributed by atoms with Gasteiger partial charge in [-0.2, -0.15) is 0 Å². The van der Waals surface area contributed by atoms with Gasteiger partial charge in [0.05, 0.1) is 18.4 Å². The monoisotopic (exact) mass is 411 g/mol. The van der Waals surface area contributed by atoms with Gasteiger partial charge in [0, 0.05) is 29.6 Å². The number of amides is 2. The van der Waals surface area contributed by atoms with Crippen LogP contribution >= 0.6 is 11.3 Å². The second kappa shape index (κ2) is 8.00. The van der Waals surface area contributed by atoms with Crippen molar-refractivity contribution < 1.29 is 18.7 Å². The van der Waals surface area contributed by atoms with Gasteiger partial charge in [0.1, 0.15) is 11.6 Å². The topological polar surface area (TPSA) is 71.5 Å². The van der Waals surface area contributed by atoms with Crippen LogP contribution in [0.25, 0.3) is 11.3 Å². The number of hydrogen-bond donors (Lipinski definition) is 1. The van der Waals surface area contributed by atoms with Crippen LogP contribution in [0.3, 0.4) is 0 Å². The van der Waals surface area contributed by atoms with Gasteiger partial charge in [-0.25, -0.2) is 9.37 Å². The van der Waals surface area contributed by atoms with Gasteiger partial charge in [-0.15, -0.1) is 11.3 Å². The number of carbonyl (C=O) groups is 2. The summed E-state index contributed by atoms with van der Waals surface area (Å²) in [6.45, 7) is 0.570. The molecule has 1 aliphatic rings. The number of methoxy groups -OCH3 is 1. The Kier molecular flexibility index (Phi) is 5.26. The predicted octanol–water partition coefficient (Wildman–Crippen LogP) is 4.34. The second-order valence-electron chi connectivity index (χ2n) is 6.51. The molecule has 2 aromatic carbocycles. The molecule has 0 atom stereocenters. The molecule has 0 unspecified atom stereocenters. The number of hydrogen-bond acceptors (Lipinski definition) is 5. The SMILES string of the molecule is COc1ccccc1-c1csc(NC(=O)c2cc(N3CCCC3=O)ccc2F)n1. The fourth-order valence-corrected chi connectivity index (χ4v) is 3.96. The number of para-hydroxylation sites is 1. The summed E-state index contributed by atoms with van der Waals surface area (Å²) < 4.78 is 19.6. The van der Waals surface area contributed by atoms with E-state index in [1.165, 1.54) is 29.5 Å². The average molecular weight is 411 g/mol. The molecule has 4 rings (SSSR count). The zero-order chi connectivity index (χ0) is 20.4. The molecular weight excluding hydrogens is 393 g/mol. The highest BCUT2D eigenvalue weighted by Crippen LogP contribution is 2.32. The maximum atomic E-state index is 14.3. The van der Waals surface area contributed by atoms with Crippen LogP contribution in [0.4, 0.5) is 15.2 Å². The summed E-state index contributed by atoms with van der Waals surface area (Å²) in [5, 5.41) is 4.78. The lowest BCUT2D eigenvalue weighted by molar-refractivity contribution is -0.117. The van der Waals surface area contributed by atoms with Crippen molar-refractivity contribution in [2.24, 2.45) is 0 Å². The van der Waals surface area contributed by atoms with Gasteiger partial charge in [0.15, 0.2) is 5.13 Å². The molecule has 1 aromatic heterocycles. The maximum Gasteiger partial charge on any atom is 0.260 e. The number of carbonyl (C=O) groups excluding carboxylic acids is 2. The van der Waals surface area contributed by atoms with Crippen molar-refractivity contribution in [3.05, 3.63) is 59.2 Å². The molecule has 1 fully saturated rings. The van der Waals surface area contributed by atoms with Crippen LogP contribution in [-0.4, -0.2) is 30.5 Å². The maximum absolute atomic E-state index is 14.3. The van der Waals surface area contributed by atoms with Gasteiger partial charge in [0.2, 0.25) is 5.91 Å². The minimum Gasteiger partial charge on any atom is -0.496 e. The first-order valence-electron chi connectivity index (χ1n) is 9.07. The Balaban J connectivity index is 1.56. The molecule has 148 valence electrons. The number of nitrogens with zero attached hydrogens (tertiary/aromatic N) is 2. The number of ether oxygens (including phenoxy) is 1. The van der Waals surface area contributed by atoms with Gasteiger partial charge in [0.25, 0.3) is 5.91 Å². The van der Waals surface area contributed by atoms with Gasteiger partial charge in [-0.05, 0) is 36.8 Å². The van der Waals surface area contributed by atoms with E-state index in [1.807, 2.05) is 24.3 Å². The van der Waals surface area contributed by atoms with Gasteiger partial charge < -0.3 is 9.64 Å². The van der Waals surface area contributed by atoms with Crippen molar-refractivity contribution in [1.29, 1.82) is 0 Å². The quantitative estimate of drug-likeness (QED) is 0.678. The number of thiazole rings is 1. The molecule has 1 N–H and O–H groups in total. The lowest BCUT2D eigenvalue weighted by atomic mass is 10.1. The van der Waals surface area contributed by atoms with E-state index in [9.17, 15) is 14.0 Å². The highest BCUT2D eigenvalue weighted by Gasteiger charge is 2.24. The average Bonchev–Trinajstić information content (AvgIpc) is 3.37. The van der Waals surface area contributed by atoms with Crippen LogP contribution in [-0.2, 0) is 4.79 Å². The van der Waals surface area contributed by atoms with Crippen LogP contribution in [0.2, 0.25) is 0 Å². The zero-order valence-electron chi connectivity index (χ0n) is 15.6. The Bertz CT molecular complexity index is 1080. The van der Waals surface area contributed by atoms with E-state index < -0.39 is 11.7 Å². The molecule has 0 radical (unpaired) electrons. The van der Waals surface area contributed by atoms with Crippen molar-refractivity contribution in [2.75, 3.05) is 23.9 Å².